The van der Waals surface area contributed by atoms with Crippen LogP contribution < -0.4 is 4.72 Å². The number of nitrogens with zero attached hydrogens (tertiary/aromatic N) is 1. The first-order valence-electron chi connectivity index (χ1n) is 12.6. The molecule has 6 rings (SSSR count). The summed E-state index contributed by atoms with van der Waals surface area (Å²) in [5.74, 6) is 2.16. The van der Waals surface area contributed by atoms with Crippen LogP contribution in [0.3, 0.4) is 0 Å². The average molecular weight is 453 g/mol. The molecule has 3 fully saturated rings. The van der Waals surface area contributed by atoms with E-state index in [2.05, 4.69) is 47.8 Å². The van der Waals surface area contributed by atoms with Crippen molar-refractivity contribution in [1.82, 2.24) is 9.71 Å². The van der Waals surface area contributed by atoms with Crippen LogP contribution in [0.15, 0.2) is 42.3 Å². The van der Waals surface area contributed by atoms with Gasteiger partial charge in [0.25, 0.3) is 0 Å². The number of allylic oxidation sites excluding steroid dienone is 3. The molecule has 172 valence electrons. The van der Waals surface area contributed by atoms with E-state index in [0.717, 1.165) is 50.4 Å². The van der Waals surface area contributed by atoms with Gasteiger partial charge in [-0.3, -0.25) is 4.98 Å². The van der Waals surface area contributed by atoms with Gasteiger partial charge in [-0.1, -0.05) is 37.6 Å². The van der Waals surface area contributed by atoms with E-state index >= 15 is 0 Å². The third kappa shape index (κ3) is 3.18. The van der Waals surface area contributed by atoms with Crippen molar-refractivity contribution in [3.05, 3.63) is 47.8 Å². The largest absolute Gasteiger partial charge is 0.264 e. The van der Waals surface area contributed by atoms with Crippen molar-refractivity contribution < 1.29 is 8.42 Å². The van der Waals surface area contributed by atoms with Gasteiger partial charge in [-0.2, -0.15) is 0 Å². The second kappa shape index (κ2) is 7.27. The van der Waals surface area contributed by atoms with Crippen LogP contribution in [0.5, 0.6) is 0 Å². The highest BCUT2D eigenvalue weighted by atomic mass is 32.2. The molecule has 1 heterocycles. The van der Waals surface area contributed by atoms with Crippen LogP contribution in [0, 0.1) is 28.6 Å². The minimum atomic E-state index is -3.11. The molecule has 32 heavy (non-hydrogen) atoms. The number of aromatic nitrogens is 1. The first-order valence-corrected chi connectivity index (χ1v) is 14.2. The molecule has 5 aliphatic rings. The third-order valence-corrected chi connectivity index (χ3v) is 12.0. The normalized spacial score (nSPS) is 41.2. The molecule has 0 amide bonds. The fraction of sp³-hybridized carbons (Fsp3) is 0.667. The Hall–Kier alpha value is -1.46. The fourth-order valence-electron chi connectivity index (χ4n) is 8.01. The molecule has 1 N–H and O–H groups in total. The minimum Gasteiger partial charge on any atom is -0.264 e. The van der Waals surface area contributed by atoms with E-state index in [0.29, 0.717) is 5.92 Å². The van der Waals surface area contributed by atoms with E-state index in [1.54, 1.807) is 0 Å². The van der Waals surface area contributed by atoms with Crippen molar-refractivity contribution in [3.8, 4) is 0 Å². The van der Waals surface area contributed by atoms with Crippen LogP contribution in [-0.2, 0) is 10.0 Å². The third-order valence-electron chi connectivity index (χ3n) is 9.95. The van der Waals surface area contributed by atoms with Gasteiger partial charge < -0.3 is 0 Å². The summed E-state index contributed by atoms with van der Waals surface area (Å²) < 4.78 is 28.1. The van der Waals surface area contributed by atoms with Gasteiger partial charge in [-0.15, -0.1) is 0 Å². The van der Waals surface area contributed by atoms with Crippen LogP contribution in [0.4, 0.5) is 0 Å². The zero-order valence-corrected chi connectivity index (χ0v) is 20.2. The molecule has 0 aromatic carbocycles. The smallest absolute Gasteiger partial charge is 0.214 e. The van der Waals surface area contributed by atoms with E-state index in [-0.39, 0.29) is 22.1 Å². The second-order valence-electron chi connectivity index (χ2n) is 11.6. The monoisotopic (exact) mass is 452 g/mol. The van der Waals surface area contributed by atoms with E-state index in [1.807, 2.05) is 12.4 Å². The summed E-state index contributed by atoms with van der Waals surface area (Å²) in [5.41, 5.74) is 4.85. The lowest BCUT2D eigenvalue weighted by Gasteiger charge is -2.58. The lowest BCUT2D eigenvalue weighted by atomic mass is 9.47. The van der Waals surface area contributed by atoms with Gasteiger partial charge in [0.2, 0.25) is 10.0 Å². The Bertz CT molecular complexity index is 1070. The van der Waals surface area contributed by atoms with Gasteiger partial charge in [0.05, 0.1) is 5.25 Å². The molecule has 0 saturated heterocycles. The highest BCUT2D eigenvalue weighted by Gasteiger charge is 2.57. The zero-order chi connectivity index (χ0) is 22.1. The molecule has 1 aromatic heterocycles. The lowest BCUT2D eigenvalue weighted by Crippen LogP contribution is -2.51. The number of hydrogen-bond acceptors (Lipinski definition) is 3. The van der Waals surface area contributed by atoms with Gasteiger partial charge in [-0.05, 0) is 104 Å². The summed E-state index contributed by atoms with van der Waals surface area (Å²) in [6.45, 7) is 5.00. The number of rotatable bonds is 4. The van der Waals surface area contributed by atoms with Crippen LogP contribution >= 0.6 is 0 Å². The summed E-state index contributed by atoms with van der Waals surface area (Å²) in [7, 11) is -3.11. The van der Waals surface area contributed by atoms with E-state index < -0.39 is 10.0 Å². The standard InChI is InChI=1S/C27H36N2O2S/c1-26-13-11-20(29-32(30,31)21-6-7-21)16-19(26)5-8-22-24-10-9-23(18-4-3-15-28-17-18)27(24,2)14-12-25(22)26/h3-5,9,15,17,20-22,24-25,29H,6-8,10-14,16H2,1-2H3/t20-,22+,24+,25+,26+,27-/m1/s1. The summed E-state index contributed by atoms with van der Waals surface area (Å²) in [6, 6.07) is 4.38. The zero-order valence-electron chi connectivity index (χ0n) is 19.4. The highest BCUT2D eigenvalue weighted by Crippen LogP contribution is 2.66. The Morgan fingerprint density at radius 3 is 2.56 bits per heavy atom. The van der Waals surface area contributed by atoms with Gasteiger partial charge in [-0.25, -0.2) is 13.1 Å². The summed E-state index contributed by atoms with van der Waals surface area (Å²) in [6.07, 6.45) is 18.5. The number of pyridine rings is 1. The van der Waals surface area contributed by atoms with Crippen molar-refractivity contribution in [2.24, 2.45) is 28.6 Å². The molecule has 0 aliphatic heterocycles. The number of fused-ring (bicyclic) bond motifs is 5. The van der Waals surface area contributed by atoms with Crippen LogP contribution in [0.1, 0.15) is 77.2 Å². The molecular weight excluding hydrogens is 416 g/mol. The quantitative estimate of drug-likeness (QED) is 0.615. The SMILES string of the molecule is C[C@]12CC[C@@H](NS(=O)(=O)C3CC3)CC1=CC[C@@H]1[C@@H]2CC[C@]2(C)C(c3cccnc3)=CC[C@@H]12. The number of hydrogen-bond donors (Lipinski definition) is 1. The summed E-state index contributed by atoms with van der Waals surface area (Å²) in [5, 5.41) is -0.125. The van der Waals surface area contributed by atoms with E-state index in [4.69, 9.17) is 0 Å². The second-order valence-corrected chi connectivity index (χ2v) is 13.6. The van der Waals surface area contributed by atoms with E-state index in [1.165, 1.54) is 36.0 Å². The van der Waals surface area contributed by atoms with Crippen molar-refractivity contribution in [2.45, 2.75) is 82.9 Å². The lowest BCUT2D eigenvalue weighted by molar-refractivity contribution is -0.0117. The molecular formula is C27H36N2O2S. The minimum absolute atomic E-state index is 0.0932. The molecule has 3 saturated carbocycles. The van der Waals surface area contributed by atoms with Crippen LogP contribution in [-0.4, -0.2) is 24.7 Å². The molecule has 0 bridgehead atoms. The Morgan fingerprint density at radius 1 is 1.00 bits per heavy atom. The predicted octanol–water partition coefficient (Wildman–Crippen LogP) is 5.49. The number of sulfonamides is 1. The topological polar surface area (TPSA) is 59.1 Å². The van der Waals surface area contributed by atoms with Crippen molar-refractivity contribution >= 4 is 15.6 Å². The van der Waals surface area contributed by atoms with Gasteiger partial charge >= 0.3 is 0 Å². The Kier molecular flexibility index (Phi) is 4.79. The van der Waals surface area contributed by atoms with Crippen LogP contribution in [0.2, 0.25) is 0 Å². The van der Waals surface area contributed by atoms with Gasteiger partial charge in [0.1, 0.15) is 0 Å². The molecule has 5 aliphatic carbocycles. The Balaban J connectivity index is 1.23. The fourth-order valence-corrected chi connectivity index (χ4v) is 9.62. The van der Waals surface area contributed by atoms with Crippen molar-refractivity contribution in [3.63, 3.8) is 0 Å². The molecule has 0 unspecified atom stereocenters. The van der Waals surface area contributed by atoms with Crippen LogP contribution in [0.25, 0.3) is 5.57 Å². The van der Waals surface area contributed by atoms with Crippen molar-refractivity contribution in [1.29, 1.82) is 0 Å². The Morgan fingerprint density at radius 2 is 1.81 bits per heavy atom. The highest BCUT2D eigenvalue weighted by molar-refractivity contribution is 7.90. The Labute approximate surface area is 193 Å². The molecule has 4 nitrogen and oxygen atoms in total. The summed E-state index contributed by atoms with van der Waals surface area (Å²) >= 11 is 0. The summed E-state index contributed by atoms with van der Waals surface area (Å²) in [4.78, 5) is 4.39. The van der Waals surface area contributed by atoms with Crippen molar-refractivity contribution in [2.75, 3.05) is 0 Å². The first kappa shape index (κ1) is 21.1. The van der Waals surface area contributed by atoms with Gasteiger partial charge in [0, 0.05) is 18.4 Å². The van der Waals surface area contributed by atoms with E-state index in [9.17, 15) is 8.42 Å². The van der Waals surface area contributed by atoms with Gasteiger partial charge in [0.15, 0.2) is 0 Å². The molecule has 0 radical (unpaired) electrons. The maximum atomic E-state index is 12.5. The number of nitrogens with one attached hydrogen (secondary N) is 1. The molecule has 0 spiro atoms. The average Bonchev–Trinajstić information content (AvgIpc) is 3.57. The molecule has 6 atom stereocenters. The predicted molar refractivity (Wildman–Crippen MR) is 128 cm³/mol. The molecule has 1 aromatic rings. The maximum absolute atomic E-state index is 12.5. The molecule has 5 heteroatoms. The maximum Gasteiger partial charge on any atom is 0.214 e. The first-order chi connectivity index (χ1) is 15.3.